The van der Waals surface area contributed by atoms with Crippen LogP contribution in [0.5, 0.6) is 0 Å². The monoisotopic (exact) mass is 382 g/mol. The zero-order valence-corrected chi connectivity index (χ0v) is 15.5. The maximum Gasteiger partial charge on any atom is 0.272 e. The summed E-state index contributed by atoms with van der Waals surface area (Å²) in [4.78, 5) is 16.9. The molecule has 1 aliphatic rings. The van der Waals surface area contributed by atoms with Crippen molar-refractivity contribution in [1.29, 1.82) is 0 Å². The lowest BCUT2D eigenvalue weighted by molar-refractivity contribution is 0.0737. The summed E-state index contributed by atoms with van der Waals surface area (Å²) in [6.07, 6.45) is 0. The van der Waals surface area contributed by atoms with Crippen LogP contribution in [0.1, 0.15) is 16.2 Å². The second kappa shape index (κ2) is 7.42. The van der Waals surface area contributed by atoms with Crippen molar-refractivity contribution in [2.24, 2.45) is 0 Å². The fraction of sp³-hybridized carbons (Fsp3) is 0.238. The van der Waals surface area contributed by atoms with E-state index in [0.29, 0.717) is 37.6 Å². The standard InChI is InChI=1S/C21H20F2N4O/c1-15-14-20(27(24-15)19-5-3-2-4-18(19)23)21(28)26-12-10-25(11-13-26)17-8-6-16(22)7-9-17/h2-9,14H,10-13H2,1H3. The molecule has 0 aliphatic carbocycles. The Labute approximate surface area is 161 Å². The van der Waals surface area contributed by atoms with Crippen molar-refractivity contribution >= 4 is 11.6 Å². The van der Waals surface area contributed by atoms with Crippen molar-refractivity contribution < 1.29 is 13.6 Å². The lowest BCUT2D eigenvalue weighted by Crippen LogP contribution is -2.49. The first-order valence-electron chi connectivity index (χ1n) is 9.14. The van der Waals surface area contributed by atoms with E-state index in [1.165, 1.54) is 22.9 Å². The molecule has 0 spiro atoms. The SMILES string of the molecule is Cc1cc(C(=O)N2CCN(c3ccc(F)cc3)CC2)n(-c2ccccc2F)n1. The number of para-hydroxylation sites is 1. The van der Waals surface area contributed by atoms with Gasteiger partial charge in [0, 0.05) is 31.9 Å². The molecule has 0 radical (unpaired) electrons. The molecule has 0 unspecified atom stereocenters. The van der Waals surface area contributed by atoms with Crippen LogP contribution in [0.3, 0.4) is 0 Å². The van der Waals surface area contributed by atoms with Gasteiger partial charge in [-0.1, -0.05) is 12.1 Å². The smallest absolute Gasteiger partial charge is 0.272 e. The van der Waals surface area contributed by atoms with Crippen molar-refractivity contribution in [2.45, 2.75) is 6.92 Å². The average Bonchev–Trinajstić information content (AvgIpc) is 3.10. The quantitative estimate of drug-likeness (QED) is 0.697. The van der Waals surface area contributed by atoms with Gasteiger partial charge in [-0.05, 0) is 49.4 Å². The van der Waals surface area contributed by atoms with Gasteiger partial charge in [0.05, 0.1) is 5.69 Å². The van der Waals surface area contributed by atoms with Gasteiger partial charge in [0.1, 0.15) is 23.0 Å². The van der Waals surface area contributed by atoms with Crippen LogP contribution in [0.4, 0.5) is 14.5 Å². The number of aryl methyl sites for hydroxylation is 1. The largest absolute Gasteiger partial charge is 0.368 e. The Kier molecular flexibility index (Phi) is 4.81. The molecule has 4 rings (SSSR count). The molecular weight excluding hydrogens is 362 g/mol. The molecule has 3 aromatic rings. The lowest BCUT2D eigenvalue weighted by Gasteiger charge is -2.36. The van der Waals surface area contributed by atoms with Gasteiger partial charge in [-0.2, -0.15) is 5.10 Å². The fourth-order valence-corrected chi connectivity index (χ4v) is 3.44. The number of halogens is 2. The van der Waals surface area contributed by atoms with E-state index in [1.54, 1.807) is 48.2 Å². The molecule has 5 nitrogen and oxygen atoms in total. The van der Waals surface area contributed by atoms with Crippen molar-refractivity contribution in [3.63, 3.8) is 0 Å². The third-order valence-corrected chi connectivity index (χ3v) is 4.89. The highest BCUT2D eigenvalue weighted by atomic mass is 19.1. The van der Waals surface area contributed by atoms with E-state index in [9.17, 15) is 13.6 Å². The Hall–Kier alpha value is -3.22. The molecule has 1 saturated heterocycles. The average molecular weight is 382 g/mol. The second-order valence-electron chi connectivity index (χ2n) is 6.79. The summed E-state index contributed by atoms with van der Waals surface area (Å²) in [5.41, 5.74) is 2.18. The maximum absolute atomic E-state index is 14.2. The molecule has 1 amide bonds. The van der Waals surface area contributed by atoms with E-state index in [-0.39, 0.29) is 17.4 Å². The van der Waals surface area contributed by atoms with Crippen molar-refractivity contribution in [3.05, 3.63) is 77.6 Å². The van der Waals surface area contributed by atoms with Gasteiger partial charge in [-0.3, -0.25) is 4.79 Å². The number of aromatic nitrogens is 2. The van der Waals surface area contributed by atoms with E-state index < -0.39 is 5.82 Å². The number of anilines is 1. The van der Waals surface area contributed by atoms with Crippen LogP contribution < -0.4 is 4.90 Å². The third kappa shape index (κ3) is 3.47. The van der Waals surface area contributed by atoms with Crippen LogP contribution in [0, 0.1) is 18.6 Å². The van der Waals surface area contributed by atoms with Crippen LogP contribution in [0.2, 0.25) is 0 Å². The minimum atomic E-state index is -0.430. The van der Waals surface area contributed by atoms with Crippen LogP contribution in [0.25, 0.3) is 5.69 Å². The molecule has 7 heteroatoms. The Morgan fingerprint density at radius 2 is 1.64 bits per heavy atom. The number of rotatable bonds is 3. The first kappa shape index (κ1) is 18.2. The summed E-state index contributed by atoms with van der Waals surface area (Å²) in [6.45, 7) is 4.12. The van der Waals surface area contributed by atoms with Crippen LogP contribution in [0.15, 0.2) is 54.6 Å². The van der Waals surface area contributed by atoms with Crippen molar-refractivity contribution in [2.75, 3.05) is 31.1 Å². The Morgan fingerprint density at radius 1 is 0.964 bits per heavy atom. The topological polar surface area (TPSA) is 41.4 Å². The first-order chi connectivity index (χ1) is 13.5. The van der Waals surface area contributed by atoms with Gasteiger partial charge in [0.25, 0.3) is 5.91 Å². The van der Waals surface area contributed by atoms with E-state index in [2.05, 4.69) is 10.00 Å². The highest BCUT2D eigenvalue weighted by Crippen LogP contribution is 2.20. The van der Waals surface area contributed by atoms with Crippen molar-refractivity contribution in [3.8, 4) is 5.69 Å². The number of hydrogen-bond acceptors (Lipinski definition) is 3. The van der Waals surface area contributed by atoms with Crippen LogP contribution >= 0.6 is 0 Å². The molecule has 0 atom stereocenters. The zero-order chi connectivity index (χ0) is 19.7. The molecule has 28 heavy (non-hydrogen) atoms. The molecular formula is C21H20F2N4O. The predicted molar refractivity (Wildman–Crippen MR) is 103 cm³/mol. The number of carbonyl (C=O) groups excluding carboxylic acids is 1. The summed E-state index contributed by atoms with van der Waals surface area (Å²) >= 11 is 0. The minimum Gasteiger partial charge on any atom is -0.368 e. The molecule has 0 saturated carbocycles. The van der Waals surface area contributed by atoms with E-state index in [0.717, 1.165) is 5.69 Å². The highest BCUT2D eigenvalue weighted by molar-refractivity contribution is 5.93. The van der Waals surface area contributed by atoms with Crippen LogP contribution in [-0.4, -0.2) is 46.8 Å². The molecule has 2 heterocycles. The van der Waals surface area contributed by atoms with E-state index in [1.807, 2.05) is 0 Å². The second-order valence-corrected chi connectivity index (χ2v) is 6.79. The van der Waals surface area contributed by atoms with Gasteiger partial charge in [0.2, 0.25) is 0 Å². The Bertz CT molecular complexity index is 992. The third-order valence-electron chi connectivity index (χ3n) is 4.89. The Morgan fingerprint density at radius 3 is 2.32 bits per heavy atom. The van der Waals surface area contributed by atoms with E-state index >= 15 is 0 Å². The van der Waals surface area contributed by atoms with Gasteiger partial charge < -0.3 is 9.80 Å². The predicted octanol–water partition coefficient (Wildman–Crippen LogP) is 3.42. The summed E-state index contributed by atoms with van der Waals surface area (Å²) in [7, 11) is 0. The number of benzene rings is 2. The normalized spacial score (nSPS) is 14.4. The van der Waals surface area contributed by atoms with E-state index in [4.69, 9.17) is 0 Å². The number of nitrogens with zero attached hydrogens (tertiary/aromatic N) is 4. The molecule has 0 bridgehead atoms. The summed E-state index contributed by atoms with van der Waals surface area (Å²) in [5.74, 6) is -0.877. The molecule has 1 aliphatic heterocycles. The zero-order valence-electron chi connectivity index (χ0n) is 15.5. The Balaban J connectivity index is 1.52. The number of piperazine rings is 1. The van der Waals surface area contributed by atoms with Gasteiger partial charge >= 0.3 is 0 Å². The minimum absolute atomic E-state index is 0.178. The van der Waals surface area contributed by atoms with Gasteiger partial charge in [0.15, 0.2) is 0 Å². The number of hydrogen-bond donors (Lipinski definition) is 0. The molecule has 1 fully saturated rings. The fourth-order valence-electron chi connectivity index (χ4n) is 3.44. The summed E-state index contributed by atoms with van der Waals surface area (Å²) in [6, 6.07) is 14.3. The maximum atomic E-state index is 14.2. The van der Waals surface area contributed by atoms with Gasteiger partial charge in [-0.15, -0.1) is 0 Å². The highest BCUT2D eigenvalue weighted by Gasteiger charge is 2.26. The summed E-state index contributed by atoms with van der Waals surface area (Å²) < 4.78 is 28.7. The first-order valence-corrected chi connectivity index (χ1v) is 9.14. The van der Waals surface area contributed by atoms with Crippen molar-refractivity contribution in [1.82, 2.24) is 14.7 Å². The van der Waals surface area contributed by atoms with Crippen LogP contribution in [-0.2, 0) is 0 Å². The van der Waals surface area contributed by atoms with Gasteiger partial charge in [-0.25, -0.2) is 13.5 Å². The summed E-state index contributed by atoms with van der Waals surface area (Å²) in [5, 5.41) is 4.31. The molecule has 0 N–H and O–H groups in total. The molecule has 144 valence electrons. The lowest BCUT2D eigenvalue weighted by atomic mass is 10.2. The molecule has 1 aromatic heterocycles. The number of carbonyl (C=O) groups is 1. The molecule has 2 aromatic carbocycles. The number of amides is 1.